The Hall–Kier alpha value is -2.62. The smallest absolute Gasteiger partial charge is 0.261 e. The summed E-state index contributed by atoms with van der Waals surface area (Å²) >= 11 is 0. The normalized spacial score (nSPS) is 14.3. The van der Waals surface area contributed by atoms with Crippen LogP contribution in [0.1, 0.15) is 36.2 Å². The van der Waals surface area contributed by atoms with Gasteiger partial charge in [0.25, 0.3) is 15.9 Å². The highest BCUT2D eigenvalue weighted by atomic mass is 32.2. The van der Waals surface area contributed by atoms with E-state index in [1.807, 2.05) is 44.1 Å². The van der Waals surface area contributed by atoms with Gasteiger partial charge in [0.05, 0.1) is 16.3 Å². The number of aryl methyl sites for hydroxylation is 1. The molecule has 35 heavy (non-hydrogen) atoms. The maximum absolute atomic E-state index is 13.3. The van der Waals surface area contributed by atoms with Crippen molar-refractivity contribution in [3.63, 3.8) is 0 Å². The Kier molecular flexibility index (Phi) is 9.54. The molecule has 9 heteroatoms. The van der Waals surface area contributed by atoms with E-state index in [2.05, 4.69) is 21.9 Å². The van der Waals surface area contributed by atoms with Gasteiger partial charge >= 0.3 is 0 Å². The number of nitrogens with one attached hydrogen (secondary N) is 2. The van der Waals surface area contributed by atoms with E-state index in [1.165, 1.54) is 0 Å². The molecule has 0 aliphatic carbocycles. The lowest BCUT2D eigenvalue weighted by Gasteiger charge is -2.31. The molecule has 2 aromatic rings. The number of nitrogens with zero attached hydrogens (tertiary/aromatic N) is 3. The monoisotopic (exact) mass is 501 g/mol. The Morgan fingerprint density at radius 3 is 2.31 bits per heavy atom. The van der Waals surface area contributed by atoms with Crippen LogP contribution in [-0.4, -0.2) is 84.0 Å². The Balaban J connectivity index is 1.93. The van der Waals surface area contributed by atoms with Crippen molar-refractivity contribution in [3.8, 4) is 0 Å². The van der Waals surface area contributed by atoms with Crippen LogP contribution in [0.25, 0.3) is 0 Å². The summed E-state index contributed by atoms with van der Waals surface area (Å²) in [6.07, 6.45) is 1.91. The molecule has 0 aromatic heterocycles. The van der Waals surface area contributed by atoms with E-state index < -0.39 is 10.0 Å². The second kappa shape index (κ2) is 12.4. The van der Waals surface area contributed by atoms with Crippen LogP contribution < -0.4 is 14.9 Å². The molecule has 192 valence electrons. The van der Waals surface area contributed by atoms with E-state index in [9.17, 15) is 13.2 Å². The van der Waals surface area contributed by atoms with Crippen LogP contribution in [0.3, 0.4) is 0 Å². The van der Waals surface area contributed by atoms with Gasteiger partial charge in [0.2, 0.25) is 0 Å². The quantitative estimate of drug-likeness (QED) is 0.493. The summed E-state index contributed by atoms with van der Waals surface area (Å²) in [6, 6.07) is 12.4. The molecule has 0 radical (unpaired) electrons. The molecular weight excluding hydrogens is 462 g/mol. The van der Waals surface area contributed by atoms with Gasteiger partial charge in [-0.2, -0.15) is 0 Å². The van der Waals surface area contributed by atoms with Crippen molar-refractivity contribution in [2.45, 2.75) is 31.6 Å². The number of amides is 1. The summed E-state index contributed by atoms with van der Waals surface area (Å²) in [5.41, 5.74) is 2.79. The largest absolute Gasteiger partial charge is 0.367 e. The van der Waals surface area contributed by atoms with Gasteiger partial charge in [0, 0.05) is 51.4 Å². The number of sulfonamides is 1. The molecule has 0 atom stereocenters. The van der Waals surface area contributed by atoms with Crippen molar-refractivity contribution in [2.24, 2.45) is 0 Å². The van der Waals surface area contributed by atoms with E-state index in [-0.39, 0.29) is 10.8 Å². The zero-order valence-electron chi connectivity index (χ0n) is 21.4. The van der Waals surface area contributed by atoms with E-state index in [0.29, 0.717) is 24.3 Å². The molecule has 1 aliphatic rings. The predicted molar refractivity (Wildman–Crippen MR) is 143 cm³/mol. The van der Waals surface area contributed by atoms with Gasteiger partial charge in [0.15, 0.2) is 0 Å². The summed E-state index contributed by atoms with van der Waals surface area (Å²) in [5.74, 6) is -0.106. The van der Waals surface area contributed by atoms with Crippen molar-refractivity contribution in [1.29, 1.82) is 0 Å². The minimum absolute atomic E-state index is 0.106. The maximum Gasteiger partial charge on any atom is 0.261 e. The highest BCUT2D eigenvalue weighted by molar-refractivity contribution is 7.92. The molecule has 0 spiro atoms. The molecule has 1 fully saturated rings. The molecular formula is C26H39N5O3S. The number of hydrogen-bond donors (Lipinski definition) is 2. The molecule has 3 rings (SSSR count). The second-order valence-corrected chi connectivity index (χ2v) is 10.8. The predicted octanol–water partition coefficient (Wildman–Crippen LogP) is 2.87. The molecule has 8 nitrogen and oxygen atoms in total. The molecule has 1 amide bonds. The summed E-state index contributed by atoms with van der Waals surface area (Å²) in [4.78, 5) is 19.4. The highest BCUT2D eigenvalue weighted by Crippen LogP contribution is 2.30. The van der Waals surface area contributed by atoms with Gasteiger partial charge < -0.3 is 20.0 Å². The summed E-state index contributed by atoms with van der Waals surface area (Å²) in [7, 11) is 0.129. The fourth-order valence-electron chi connectivity index (χ4n) is 4.17. The van der Waals surface area contributed by atoms with E-state index in [0.717, 1.165) is 56.8 Å². The minimum atomic E-state index is -3.82. The average Bonchev–Trinajstić information content (AvgIpc) is 2.85. The first-order chi connectivity index (χ1) is 16.7. The van der Waals surface area contributed by atoms with E-state index >= 15 is 0 Å². The number of anilines is 2. The molecule has 1 heterocycles. The number of carbonyl (C=O) groups is 1. The first-order valence-electron chi connectivity index (χ1n) is 12.4. The Labute approximate surface area is 210 Å². The second-order valence-electron chi connectivity index (χ2n) is 9.16. The van der Waals surface area contributed by atoms with Crippen LogP contribution in [-0.2, 0) is 16.4 Å². The van der Waals surface area contributed by atoms with Crippen molar-refractivity contribution in [3.05, 3.63) is 53.6 Å². The lowest BCUT2D eigenvalue weighted by atomic mass is 10.1. The molecule has 2 aromatic carbocycles. The van der Waals surface area contributed by atoms with Crippen molar-refractivity contribution in [1.82, 2.24) is 15.1 Å². The van der Waals surface area contributed by atoms with Gasteiger partial charge in [-0.1, -0.05) is 25.5 Å². The Bertz CT molecular complexity index is 1080. The fourth-order valence-corrected chi connectivity index (χ4v) is 5.23. The first-order valence-corrected chi connectivity index (χ1v) is 13.9. The molecule has 1 saturated heterocycles. The molecule has 0 unspecified atom stereocenters. The van der Waals surface area contributed by atoms with Crippen LogP contribution in [0, 0.1) is 0 Å². The highest BCUT2D eigenvalue weighted by Gasteiger charge is 2.23. The summed E-state index contributed by atoms with van der Waals surface area (Å²) < 4.78 is 29.4. The molecule has 1 aliphatic heterocycles. The number of rotatable bonds is 11. The third-order valence-corrected chi connectivity index (χ3v) is 7.59. The zero-order chi connectivity index (χ0) is 25.4. The third kappa shape index (κ3) is 7.19. The Morgan fingerprint density at radius 1 is 1.03 bits per heavy atom. The molecule has 2 N–H and O–H groups in total. The standard InChI is InChI=1S/C26H39N5O3S/c1-5-7-21-8-11-23(12-9-21)35(33,34)28-24-20-22(26(32)30(6-2)19-18-29(3)4)10-13-25(24)31-16-14-27-15-17-31/h8-13,20,27-28H,5-7,14-19H2,1-4H3. The van der Waals surface area contributed by atoms with Gasteiger partial charge in [-0.3, -0.25) is 9.52 Å². The number of likely N-dealkylation sites (N-methyl/N-ethyl adjacent to an activating group) is 2. The molecule has 0 bridgehead atoms. The molecule has 0 saturated carbocycles. The van der Waals surface area contributed by atoms with Crippen molar-refractivity contribution < 1.29 is 13.2 Å². The fraction of sp³-hybridized carbons (Fsp3) is 0.500. The van der Waals surface area contributed by atoms with Gasteiger partial charge in [-0.05, 0) is 63.3 Å². The van der Waals surface area contributed by atoms with Gasteiger partial charge in [-0.25, -0.2) is 8.42 Å². The topological polar surface area (TPSA) is 85.0 Å². The number of hydrogen-bond acceptors (Lipinski definition) is 6. The van der Waals surface area contributed by atoms with Crippen LogP contribution in [0.4, 0.5) is 11.4 Å². The van der Waals surface area contributed by atoms with E-state index in [4.69, 9.17) is 0 Å². The van der Waals surface area contributed by atoms with Crippen molar-refractivity contribution in [2.75, 3.05) is 69.5 Å². The zero-order valence-corrected chi connectivity index (χ0v) is 22.2. The number of piperazine rings is 1. The maximum atomic E-state index is 13.3. The van der Waals surface area contributed by atoms with Crippen LogP contribution in [0.5, 0.6) is 0 Å². The van der Waals surface area contributed by atoms with Crippen LogP contribution in [0.2, 0.25) is 0 Å². The average molecular weight is 502 g/mol. The Morgan fingerprint density at radius 2 is 1.71 bits per heavy atom. The minimum Gasteiger partial charge on any atom is -0.367 e. The van der Waals surface area contributed by atoms with Crippen LogP contribution >= 0.6 is 0 Å². The number of benzene rings is 2. The first kappa shape index (κ1) is 27.0. The summed E-state index contributed by atoms with van der Waals surface area (Å²) in [5, 5.41) is 3.32. The SMILES string of the molecule is CCCc1ccc(S(=O)(=O)Nc2cc(C(=O)N(CC)CCN(C)C)ccc2N2CCNCC2)cc1. The number of carbonyl (C=O) groups excluding carboxylic acids is 1. The van der Waals surface area contributed by atoms with Crippen LogP contribution in [0.15, 0.2) is 47.4 Å². The lowest BCUT2D eigenvalue weighted by molar-refractivity contribution is 0.0754. The van der Waals surface area contributed by atoms with E-state index in [1.54, 1.807) is 29.2 Å². The lowest BCUT2D eigenvalue weighted by Crippen LogP contribution is -2.44. The van der Waals surface area contributed by atoms with Crippen molar-refractivity contribution >= 4 is 27.3 Å². The third-order valence-electron chi connectivity index (χ3n) is 6.20. The van der Waals surface area contributed by atoms with Gasteiger partial charge in [0.1, 0.15) is 0 Å². The summed E-state index contributed by atoms with van der Waals surface area (Å²) in [6.45, 7) is 9.15. The van der Waals surface area contributed by atoms with Gasteiger partial charge in [-0.15, -0.1) is 0 Å².